The van der Waals surface area contributed by atoms with E-state index in [-0.39, 0.29) is 23.4 Å². The van der Waals surface area contributed by atoms with Crippen molar-refractivity contribution >= 4 is 35.6 Å². The maximum Gasteiger partial charge on any atom is 0.325 e. The van der Waals surface area contributed by atoms with Crippen LogP contribution in [0.4, 0.5) is 14.9 Å². The van der Waals surface area contributed by atoms with Gasteiger partial charge in [-0.3, -0.25) is 15.1 Å². The number of hydrogen-bond donors (Lipinski definition) is 2. The number of nitrogens with one attached hydrogen (secondary N) is 2. The van der Waals surface area contributed by atoms with Crippen LogP contribution >= 0.6 is 11.8 Å². The average Bonchev–Trinajstić information content (AvgIpc) is 3.20. The minimum absolute atomic E-state index is 0.0258. The van der Waals surface area contributed by atoms with Crippen LogP contribution in [0.25, 0.3) is 0 Å². The van der Waals surface area contributed by atoms with Crippen LogP contribution in [0.3, 0.4) is 0 Å². The smallest absolute Gasteiger partial charge is 0.325 e. The lowest BCUT2D eigenvalue weighted by molar-refractivity contribution is -0.119. The van der Waals surface area contributed by atoms with E-state index < -0.39 is 17.8 Å². The zero-order valence-corrected chi connectivity index (χ0v) is 16.6. The molecule has 0 bridgehead atoms. The highest BCUT2D eigenvalue weighted by atomic mass is 32.2. The minimum atomic E-state index is -0.800. The molecule has 3 amide bonds. The lowest BCUT2D eigenvalue weighted by Gasteiger charge is -2.21. The Hall–Kier alpha value is -3.39. The largest absolute Gasteiger partial charge is 0.460 e. The summed E-state index contributed by atoms with van der Waals surface area (Å²) in [6.07, 6.45) is 5.48. The van der Waals surface area contributed by atoms with Gasteiger partial charge < -0.3 is 10.1 Å². The molecule has 2 aromatic rings. The van der Waals surface area contributed by atoms with Crippen LogP contribution in [0.15, 0.2) is 76.8 Å². The summed E-state index contributed by atoms with van der Waals surface area (Å²) in [6.45, 7) is 0. The van der Waals surface area contributed by atoms with Crippen LogP contribution in [0.1, 0.15) is 5.56 Å². The van der Waals surface area contributed by atoms with Crippen molar-refractivity contribution in [3.8, 4) is 5.75 Å². The molecule has 4 rings (SSSR count). The first-order valence-electron chi connectivity index (χ1n) is 9.26. The second-order valence-electron chi connectivity index (χ2n) is 6.65. The van der Waals surface area contributed by atoms with Gasteiger partial charge in [-0.2, -0.15) is 0 Å². The van der Waals surface area contributed by atoms with E-state index in [1.54, 1.807) is 54.4 Å². The van der Waals surface area contributed by atoms with Crippen LogP contribution in [-0.2, 0) is 11.2 Å². The maximum atomic E-state index is 14.4. The molecule has 0 saturated carbocycles. The van der Waals surface area contributed by atoms with Gasteiger partial charge in [0.15, 0.2) is 0 Å². The third-order valence-corrected chi connectivity index (χ3v) is 5.59. The van der Waals surface area contributed by atoms with Gasteiger partial charge in [-0.25, -0.2) is 9.18 Å². The number of amides is 3. The summed E-state index contributed by atoms with van der Waals surface area (Å²) in [5, 5.41) is 6.54. The van der Waals surface area contributed by atoms with Crippen LogP contribution < -0.4 is 15.4 Å². The van der Waals surface area contributed by atoms with Gasteiger partial charge in [0.25, 0.3) is 0 Å². The number of nitrogens with zero attached hydrogens (tertiary/aromatic N) is 1. The van der Waals surface area contributed by atoms with E-state index in [0.29, 0.717) is 11.5 Å². The first-order valence-corrected chi connectivity index (χ1v) is 10.2. The summed E-state index contributed by atoms with van der Waals surface area (Å²) in [6, 6.07) is 12.4. The number of carbonyl (C=O) groups excluding carboxylic acids is 2. The molecule has 0 fully saturated rings. The Morgan fingerprint density at radius 3 is 2.80 bits per heavy atom. The van der Waals surface area contributed by atoms with Gasteiger partial charge in [-0.05, 0) is 29.2 Å². The second-order valence-corrected chi connectivity index (χ2v) is 7.70. The van der Waals surface area contributed by atoms with Crippen molar-refractivity contribution in [2.45, 2.75) is 17.7 Å². The number of ether oxygens (including phenoxy) is 1. The van der Waals surface area contributed by atoms with E-state index in [4.69, 9.17) is 4.74 Å². The SMILES string of the molecule is O=C(Cc1ccccc1)NC(=O)Nc1ccc(OC2=CC=NC3C=CSC23)cc1F. The molecule has 8 heteroatoms. The van der Waals surface area contributed by atoms with Crippen molar-refractivity contribution in [2.24, 2.45) is 4.99 Å². The number of rotatable bonds is 5. The number of anilines is 1. The standard InChI is InChI=1S/C22H18FN3O3S/c23-16-13-15(29-19-8-10-24-18-9-11-30-21(18)19)6-7-17(16)25-22(28)26-20(27)12-14-4-2-1-3-5-14/h1-11,13,18,21H,12H2,(H2,25,26,27,28). The molecule has 0 spiro atoms. The maximum absolute atomic E-state index is 14.4. The van der Waals surface area contributed by atoms with Gasteiger partial charge in [-0.1, -0.05) is 36.4 Å². The van der Waals surface area contributed by atoms with Gasteiger partial charge in [0.2, 0.25) is 5.91 Å². The number of aliphatic imine (C=N–C) groups is 1. The van der Waals surface area contributed by atoms with Crippen LogP contribution in [0.5, 0.6) is 5.75 Å². The summed E-state index contributed by atoms with van der Waals surface area (Å²) in [7, 11) is 0. The highest BCUT2D eigenvalue weighted by Crippen LogP contribution is 2.35. The Labute approximate surface area is 176 Å². The quantitative estimate of drug-likeness (QED) is 0.760. The molecule has 152 valence electrons. The molecule has 2 heterocycles. The third kappa shape index (κ3) is 4.77. The fourth-order valence-electron chi connectivity index (χ4n) is 3.06. The molecule has 2 aliphatic heterocycles. The number of dihydropyridines is 1. The lowest BCUT2D eigenvalue weighted by Crippen LogP contribution is -2.35. The number of benzene rings is 2. The molecule has 30 heavy (non-hydrogen) atoms. The number of allylic oxidation sites excluding steroid dienone is 1. The average molecular weight is 423 g/mol. The first kappa shape index (κ1) is 19.9. The lowest BCUT2D eigenvalue weighted by atomic mass is 10.1. The van der Waals surface area contributed by atoms with Gasteiger partial charge in [0.1, 0.15) is 17.3 Å². The molecular formula is C22H18FN3O3S. The predicted molar refractivity (Wildman–Crippen MR) is 115 cm³/mol. The Kier molecular flexibility index (Phi) is 5.94. The Bertz CT molecular complexity index is 1050. The zero-order chi connectivity index (χ0) is 20.9. The zero-order valence-electron chi connectivity index (χ0n) is 15.7. The number of carbonyl (C=O) groups is 2. The molecule has 0 radical (unpaired) electrons. The molecule has 2 unspecified atom stereocenters. The number of fused-ring (bicyclic) bond motifs is 1. The first-order chi connectivity index (χ1) is 14.6. The van der Waals surface area contributed by atoms with Crippen molar-refractivity contribution in [2.75, 3.05) is 5.32 Å². The molecular weight excluding hydrogens is 405 g/mol. The van der Waals surface area contributed by atoms with Crippen LogP contribution in [0, 0.1) is 5.82 Å². The predicted octanol–water partition coefficient (Wildman–Crippen LogP) is 4.06. The van der Waals surface area contributed by atoms with Gasteiger partial charge in [-0.15, -0.1) is 11.8 Å². The van der Waals surface area contributed by atoms with Gasteiger partial charge in [0, 0.05) is 12.3 Å². The topological polar surface area (TPSA) is 79.8 Å². The third-order valence-electron chi connectivity index (χ3n) is 4.47. The van der Waals surface area contributed by atoms with Crippen molar-refractivity contribution in [1.82, 2.24) is 5.32 Å². The van der Waals surface area contributed by atoms with Crippen LogP contribution in [-0.4, -0.2) is 29.4 Å². The molecule has 0 aromatic heterocycles. The monoisotopic (exact) mass is 423 g/mol. The van der Waals surface area contributed by atoms with E-state index in [9.17, 15) is 14.0 Å². The Morgan fingerprint density at radius 2 is 2.00 bits per heavy atom. The normalized spacial score (nSPS) is 19.0. The highest BCUT2D eigenvalue weighted by Gasteiger charge is 2.30. The van der Waals surface area contributed by atoms with E-state index in [0.717, 1.165) is 5.56 Å². The molecule has 2 aromatic carbocycles. The molecule has 6 nitrogen and oxygen atoms in total. The minimum Gasteiger partial charge on any atom is -0.460 e. The number of thioether (sulfide) groups is 1. The Morgan fingerprint density at radius 1 is 1.17 bits per heavy atom. The summed E-state index contributed by atoms with van der Waals surface area (Å²) in [4.78, 5) is 28.3. The van der Waals surface area contributed by atoms with Crippen molar-refractivity contribution in [3.63, 3.8) is 0 Å². The molecule has 0 aliphatic carbocycles. The summed E-state index contributed by atoms with van der Waals surface area (Å²) < 4.78 is 20.3. The highest BCUT2D eigenvalue weighted by molar-refractivity contribution is 8.03. The molecule has 0 saturated heterocycles. The van der Waals surface area contributed by atoms with Crippen molar-refractivity contribution in [3.05, 3.63) is 83.2 Å². The summed E-state index contributed by atoms with van der Waals surface area (Å²) in [5.41, 5.74) is 0.719. The fourth-order valence-corrected chi connectivity index (χ4v) is 4.06. The second kappa shape index (κ2) is 8.96. The summed E-state index contributed by atoms with van der Waals surface area (Å²) >= 11 is 1.60. The fraction of sp³-hybridized carbons (Fsp3) is 0.136. The number of urea groups is 1. The van der Waals surface area contributed by atoms with Crippen LogP contribution in [0.2, 0.25) is 0 Å². The summed E-state index contributed by atoms with van der Waals surface area (Å²) in [5.74, 6) is -0.153. The van der Waals surface area contributed by atoms with E-state index in [2.05, 4.69) is 15.6 Å². The molecule has 2 N–H and O–H groups in total. The molecule has 2 aliphatic rings. The van der Waals surface area contributed by atoms with E-state index in [1.807, 2.05) is 17.6 Å². The van der Waals surface area contributed by atoms with Gasteiger partial charge in [0.05, 0.1) is 23.4 Å². The van der Waals surface area contributed by atoms with Crippen molar-refractivity contribution in [1.29, 1.82) is 0 Å². The molecule has 2 atom stereocenters. The Balaban J connectivity index is 1.34. The number of hydrogen-bond acceptors (Lipinski definition) is 5. The van der Waals surface area contributed by atoms with Gasteiger partial charge >= 0.3 is 6.03 Å². The number of halogens is 1. The van der Waals surface area contributed by atoms with Crippen molar-refractivity contribution < 1.29 is 18.7 Å². The van der Waals surface area contributed by atoms with E-state index in [1.165, 1.54) is 12.1 Å². The van der Waals surface area contributed by atoms with E-state index >= 15 is 0 Å². The number of imide groups is 1.